The van der Waals surface area contributed by atoms with Gasteiger partial charge in [-0.15, -0.1) is 0 Å². The fraction of sp³-hybridized carbons (Fsp3) is 0.458. The Morgan fingerprint density at radius 1 is 1.16 bits per heavy atom. The summed E-state index contributed by atoms with van der Waals surface area (Å²) in [4.78, 5) is 18.2. The maximum absolute atomic E-state index is 5.00. The fourth-order valence-electron chi connectivity index (χ4n) is 5.50. The summed E-state index contributed by atoms with van der Waals surface area (Å²) < 4.78 is 2.24. The van der Waals surface area contributed by atoms with Gasteiger partial charge in [0.05, 0.1) is 12.2 Å². The van der Waals surface area contributed by atoms with Crippen molar-refractivity contribution in [2.75, 3.05) is 13.1 Å². The first-order valence-corrected chi connectivity index (χ1v) is 11.4. The smallest absolute Gasteiger partial charge is 0.137 e. The van der Waals surface area contributed by atoms with Crippen LogP contribution in [0.4, 0.5) is 0 Å². The number of H-pyrrole nitrogens is 2. The molecule has 2 unspecified atom stereocenters. The van der Waals surface area contributed by atoms with Crippen LogP contribution in [0.5, 0.6) is 0 Å². The molecule has 1 spiro atoms. The summed E-state index contributed by atoms with van der Waals surface area (Å²) in [5, 5.41) is 6.22. The summed E-state index contributed by atoms with van der Waals surface area (Å²) in [6.07, 6.45) is 11.3. The van der Waals surface area contributed by atoms with Gasteiger partial charge in [0.25, 0.3) is 0 Å². The van der Waals surface area contributed by atoms with Gasteiger partial charge in [-0.2, -0.15) is 5.10 Å². The third-order valence-electron chi connectivity index (χ3n) is 7.49. The highest BCUT2D eigenvalue weighted by Gasteiger charge is 2.45. The Kier molecular flexibility index (Phi) is 4.28. The van der Waals surface area contributed by atoms with Gasteiger partial charge in [0.1, 0.15) is 11.5 Å². The molecule has 2 atom stereocenters. The Bertz CT molecular complexity index is 1220. The molecule has 0 aliphatic carbocycles. The van der Waals surface area contributed by atoms with E-state index in [1.54, 1.807) is 0 Å². The second-order valence-electron chi connectivity index (χ2n) is 9.34. The third kappa shape index (κ3) is 3.02. The Hall–Kier alpha value is -2.93. The topological polar surface area (TPSA) is 78.4 Å². The van der Waals surface area contributed by atoms with E-state index in [2.05, 4.69) is 56.7 Å². The van der Waals surface area contributed by atoms with E-state index < -0.39 is 0 Å². The van der Waals surface area contributed by atoms with Gasteiger partial charge < -0.3 is 9.97 Å². The van der Waals surface area contributed by atoms with Crippen LogP contribution < -0.4 is 0 Å². The summed E-state index contributed by atoms with van der Waals surface area (Å²) >= 11 is 0. The molecule has 4 aromatic rings. The van der Waals surface area contributed by atoms with Gasteiger partial charge >= 0.3 is 0 Å². The maximum atomic E-state index is 5.00. The molecule has 2 aliphatic heterocycles. The van der Waals surface area contributed by atoms with Crippen LogP contribution in [0.1, 0.15) is 56.1 Å². The number of pyridine rings is 1. The van der Waals surface area contributed by atoms with Crippen molar-refractivity contribution in [3.63, 3.8) is 0 Å². The summed E-state index contributed by atoms with van der Waals surface area (Å²) in [7, 11) is 0. The van der Waals surface area contributed by atoms with Crippen molar-refractivity contribution in [1.82, 2.24) is 34.6 Å². The Morgan fingerprint density at radius 3 is 2.90 bits per heavy atom. The van der Waals surface area contributed by atoms with Crippen LogP contribution >= 0.6 is 0 Å². The lowest BCUT2D eigenvalue weighted by Gasteiger charge is -2.23. The van der Waals surface area contributed by atoms with Crippen LogP contribution in [0, 0.1) is 0 Å². The molecule has 0 radical (unpaired) electrons. The molecule has 0 amide bonds. The molecule has 7 heteroatoms. The maximum Gasteiger partial charge on any atom is 0.137 e. The number of aryl methyl sites for hydroxylation is 1. The molecule has 2 aliphatic rings. The standard InChI is InChI=1S/C24H29N7/c1-3-16(2)19-13-28-23-18(19)10-17(12-27-23)20-11-21-24(5-9-31(21)29-20)4-8-30(15-24)14-22-25-6-7-26-22/h6-7,10-13,16H,3-5,8-9,14-15H2,1-2H3,(H,25,26)(H,27,28). The Labute approximate surface area is 181 Å². The highest BCUT2D eigenvalue weighted by atomic mass is 15.3. The van der Waals surface area contributed by atoms with Crippen LogP contribution in [-0.4, -0.2) is 47.7 Å². The predicted octanol–water partition coefficient (Wildman–Crippen LogP) is 4.21. The lowest BCUT2D eigenvalue weighted by atomic mass is 9.82. The number of aromatic nitrogens is 6. The zero-order chi connectivity index (χ0) is 21.0. The van der Waals surface area contributed by atoms with E-state index in [1.165, 1.54) is 29.5 Å². The molecular formula is C24H29N7. The van der Waals surface area contributed by atoms with Crippen LogP contribution in [0.25, 0.3) is 22.3 Å². The zero-order valence-corrected chi connectivity index (χ0v) is 18.2. The van der Waals surface area contributed by atoms with E-state index in [0.29, 0.717) is 5.92 Å². The van der Waals surface area contributed by atoms with Crippen molar-refractivity contribution in [3.8, 4) is 11.3 Å². The monoisotopic (exact) mass is 415 g/mol. The SMILES string of the molecule is CCC(C)c1c[nH]c2ncc(-c3cc4n(n3)CCC43CCN(Cc4ncc[nH]4)C3)cc12. The van der Waals surface area contributed by atoms with Crippen molar-refractivity contribution < 1.29 is 0 Å². The Morgan fingerprint density at radius 2 is 2.06 bits per heavy atom. The van der Waals surface area contributed by atoms with Crippen molar-refractivity contribution in [2.45, 2.75) is 57.5 Å². The molecule has 2 N–H and O–H groups in total. The molecule has 31 heavy (non-hydrogen) atoms. The molecule has 6 heterocycles. The number of aromatic amines is 2. The third-order valence-corrected chi connectivity index (χ3v) is 7.49. The molecule has 160 valence electrons. The first kappa shape index (κ1) is 18.8. The molecule has 0 saturated carbocycles. The summed E-state index contributed by atoms with van der Waals surface area (Å²) in [6.45, 7) is 8.59. The fourth-order valence-corrected chi connectivity index (χ4v) is 5.50. The van der Waals surface area contributed by atoms with Crippen molar-refractivity contribution in [1.29, 1.82) is 0 Å². The largest absolute Gasteiger partial charge is 0.348 e. The molecule has 1 saturated heterocycles. The molecule has 0 bridgehead atoms. The average Bonchev–Trinajstić information content (AvgIpc) is 3.59. The highest BCUT2D eigenvalue weighted by Crippen LogP contribution is 2.44. The summed E-state index contributed by atoms with van der Waals surface area (Å²) in [6, 6.07) is 4.59. The number of hydrogen-bond acceptors (Lipinski definition) is 4. The van der Waals surface area contributed by atoms with Crippen molar-refractivity contribution in [3.05, 3.63) is 54.0 Å². The quantitative estimate of drug-likeness (QED) is 0.512. The summed E-state index contributed by atoms with van der Waals surface area (Å²) in [5.74, 6) is 1.56. The van der Waals surface area contributed by atoms with Crippen molar-refractivity contribution >= 4 is 11.0 Å². The van der Waals surface area contributed by atoms with Gasteiger partial charge in [0.15, 0.2) is 0 Å². The van der Waals surface area contributed by atoms with Gasteiger partial charge in [-0.05, 0) is 49.4 Å². The molecular weight excluding hydrogens is 386 g/mol. The molecule has 4 aromatic heterocycles. The lowest BCUT2D eigenvalue weighted by molar-refractivity contribution is 0.295. The van der Waals surface area contributed by atoms with Crippen molar-refractivity contribution in [2.24, 2.45) is 0 Å². The number of fused-ring (bicyclic) bond motifs is 3. The van der Waals surface area contributed by atoms with Crippen LogP contribution in [0.3, 0.4) is 0 Å². The first-order chi connectivity index (χ1) is 15.1. The van der Waals surface area contributed by atoms with Gasteiger partial charge in [0, 0.05) is 59.9 Å². The number of imidazole rings is 1. The first-order valence-electron chi connectivity index (χ1n) is 11.4. The van der Waals surface area contributed by atoms with E-state index in [1.807, 2.05) is 18.6 Å². The number of nitrogens with one attached hydrogen (secondary N) is 2. The van der Waals surface area contributed by atoms with Crippen LogP contribution in [0.15, 0.2) is 36.9 Å². The minimum absolute atomic E-state index is 0.214. The number of hydrogen-bond donors (Lipinski definition) is 2. The van der Waals surface area contributed by atoms with E-state index in [0.717, 1.165) is 55.3 Å². The van der Waals surface area contributed by atoms with E-state index >= 15 is 0 Å². The summed E-state index contributed by atoms with van der Waals surface area (Å²) in [5.41, 5.74) is 6.07. The normalized spacial score (nSPS) is 22.0. The van der Waals surface area contributed by atoms with Gasteiger partial charge in [-0.1, -0.05) is 13.8 Å². The molecule has 0 aromatic carbocycles. The average molecular weight is 416 g/mol. The van der Waals surface area contributed by atoms with Gasteiger partial charge in [-0.25, -0.2) is 9.97 Å². The molecule has 7 nitrogen and oxygen atoms in total. The van der Waals surface area contributed by atoms with E-state index in [9.17, 15) is 0 Å². The number of rotatable bonds is 5. The lowest BCUT2D eigenvalue weighted by Crippen LogP contribution is -2.29. The molecule has 6 rings (SSSR count). The second-order valence-corrected chi connectivity index (χ2v) is 9.34. The number of likely N-dealkylation sites (tertiary alicyclic amines) is 1. The Balaban J connectivity index is 1.30. The number of nitrogens with zero attached hydrogens (tertiary/aromatic N) is 5. The molecule has 1 fully saturated rings. The van der Waals surface area contributed by atoms with E-state index in [4.69, 9.17) is 10.1 Å². The highest BCUT2D eigenvalue weighted by molar-refractivity contribution is 5.84. The zero-order valence-electron chi connectivity index (χ0n) is 18.2. The van der Waals surface area contributed by atoms with E-state index in [-0.39, 0.29) is 5.41 Å². The second kappa shape index (κ2) is 7.05. The van der Waals surface area contributed by atoms with Crippen LogP contribution in [-0.2, 0) is 18.5 Å². The minimum Gasteiger partial charge on any atom is -0.348 e. The van der Waals surface area contributed by atoms with Crippen LogP contribution in [0.2, 0.25) is 0 Å². The van der Waals surface area contributed by atoms with Gasteiger partial charge in [-0.3, -0.25) is 9.58 Å². The van der Waals surface area contributed by atoms with Gasteiger partial charge in [0.2, 0.25) is 0 Å². The minimum atomic E-state index is 0.214. The predicted molar refractivity (Wildman–Crippen MR) is 121 cm³/mol.